The van der Waals surface area contributed by atoms with Gasteiger partial charge < -0.3 is 15.3 Å². The number of aliphatic carboxylic acids is 1. The summed E-state index contributed by atoms with van der Waals surface area (Å²) in [4.78, 5) is 46.2. The van der Waals surface area contributed by atoms with Gasteiger partial charge in [0, 0.05) is 0 Å². The van der Waals surface area contributed by atoms with Crippen LogP contribution < -0.4 is 10.6 Å². The van der Waals surface area contributed by atoms with Gasteiger partial charge >= 0.3 is 12.0 Å². The van der Waals surface area contributed by atoms with Crippen molar-refractivity contribution >= 4 is 23.8 Å². The van der Waals surface area contributed by atoms with Crippen molar-refractivity contribution in [2.45, 2.75) is 32.4 Å². The summed E-state index contributed by atoms with van der Waals surface area (Å²) in [5.74, 6) is -2.32. The van der Waals surface area contributed by atoms with Crippen molar-refractivity contribution < 1.29 is 24.3 Å². The second kappa shape index (κ2) is 5.48. The first kappa shape index (κ1) is 13.9. The fourth-order valence-corrected chi connectivity index (χ4v) is 1.62. The number of carbonyl (C=O) groups is 4. The molecule has 4 amide bonds. The lowest BCUT2D eigenvalue weighted by Gasteiger charge is -2.33. The number of rotatable bonds is 3. The summed E-state index contributed by atoms with van der Waals surface area (Å²) in [5.41, 5.74) is 0. The van der Waals surface area contributed by atoms with Crippen LogP contribution in [0.3, 0.4) is 0 Å². The fraction of sp³-hybridized carbons (Fsp3) is 0.600. The molecule has 0 aromatic carbocycles. The van der Waals surface area contributed by atoms with Gasteiger partial charge in [0.05, 0.1) is 0 Å². The van der Waals surface area contributed by atoms with Gasteiger partial charge in [0.1, 0.15) is 18.6 Å². The Hall–Kier alpha value is -2.12. The van der Waals surface area contributed by atoms with E-state index in [4.69, 9.17) is 5.11 Å². The van der Waals surface area contributed by atoms with Crippen molar-refractivity contribution in [2.75, 3.05) is 6.54 Å². The highest BCUT2D eigenvalue weighted by atomic mass is 16.4. The number of carboxylic acid groups (broad SMARTS) is 1. The molecule has 2 atom stereocenters. The van der Waals surface area contributed by atoms with Crippen LogP contribution in [0, 0.1) is 0 Å². The van der Waals surface area contributed by atoms with Crippen molar-refractivity contribution in [3.63, 3.8) is 0 Å². The molecule has 1 saturated heterocycles. The Morgan fingerprint density at radius 1 is 1.56 bits per heavy atom. The van der Waals surface area contributed by atoms with E-state index in [2.05, 4.69) is 10.6 Å². The number of piperazine rings is 1. The summed E-state index contributed by atoms with van der Waals surface area (Å²) in [7, 11) is 0. The lowest BCUT2D eigenvalue weighted by molar-refractivity contribution is -0.138. The number of hydrogen-bond donors (Lipinski definition) is 3. The molecular weight excluding hydrogens is 242 g/mol. The summed E-state index contributed by atoms with van der Waals surface area (Å²) in [6.45, 7) is 2.73. The van der Waals surface area contributed by atoms with E-state index in [9.17, 15) is 19.2 Å². The molecule has 0 aromatic rings. The van der Waals surface area contributed by atoms with Crippen molar-refractivity contribution in [3.05, 3.63) is 0 Å². The van der Waals surface area contributed by atoms with Crippen molar-refractivity contribution in [3.8, 4) is 0 Å². The normalized spacial score (nSPS) is 21.2. The smallest absolute Gasteiger partial charge is 0.325 e. The molecule has 0 spiro atoms. The van der Waals surface area contributed by atoms with Gasteiger partial charge in [-0.2, -0.15) is 0 Å². The molecule has 1 unspecified atom stereocenters. The minimum atomic E-state index is -1.19. The molecule has 3 N–H and O–H groups in total. The lowest BCUT2D eigenvalue weighted by atomic mass is 10.1. The molecule has 1 aliphatic heterocycles. The Morgan fingerprint density at radius 3 is 2.67 bits per heavy atom. The zero-order valence-corrected chi connectivity index (χ0v) is 10.1. The lowest BCUT2D eigenvalue weighted by Crippen LogP contribution is -2.62. The van der Waals surface area contributed by atoms with E-state index in [0.717, 1.165) is 4.90 Å². The molecule has 0 aliphatic carbocycles. The maximum Gasteiger partial charge on any atom is 0.325 e. The number of nitrogens with zero attached hydrogens (tertiary/aromatic N) is 1. The maximum atomic E-state index is 11.8. The first-order chi connectivity index (χ1) is 8.36. The molecule has 1 fully saturated rings. The van der Waals surface area contributed by atoms with Gasteiger partial charge in [-0.3, -0.25) is 19.7 Å². The van der Waals surface area contributed by atoms with E-state index < -0.39 is 35.9 Å². The third kappa shape index (κ3) is 2.96. The Morgan fingerprint density at radius 2 is 2.17 bits per heavy atom. The molecule has 0 aromatic heterocycles. The zero-order chi connectivity index (χ0) is 13.9. The minimum absolute atomic E-state index is 0.261. The average Bonchev–Trinajstić information content (AvgIpc) is 2.27. The number of nitrogens with one attached hydrogen (secondary N) is 2. The van der Waals surface area contributed by atoms with Gasteiger partial charge in [0.2, 0.25) is 11.8 Å². The average molecular weight is 257 g/mol. The molecule has 0 saturated carbocycles. The highest BCUT2D eigenvalue weighted by Gasteiger charge is 2.36. The molecule has 1 rings (SSSR count). The van der Waals surface area contributed by atoms with Gasteiger partial charge in [0.25, 0.3) is 0 Å². The Balaban J connectivity index is 2.78. The molecule has 8 heteroatoms. The van der Waals surface area contributed by atoms with E-state index in [1.165, 1.54) is 6.92 Å². The molecule has 0 radical (unpaired) electrons. The van der Waals surface area contributed by atoms with Crippen molar-refractivity contribution in [2.24, 2.45) is 0 Å². The number of urea groups is 1. The first-order valence-electron chi connectivity index (χ1n) is 5.50. The van der Waals surface area contributed by atoms with Gasteiger partial charge in [-0.05, 0) is 13.3 Å². The van der Waals surface area contributed by atoms with Crippen LogP contribution in [0.5, 0.6) is 0 Å². The molecular formula is C10H15N3O5. The fourth-order valence-electron chi connectivity index (χ4n) is 1.62. The Kier molecular flexibility index (Phi) is 4.24. The molecule has 0 bridgehead atoms. The third-order valence-corrected chi connectivity index (χ3v) is 2.61. The van der Waals surface area contributed by atoms with Crippen LogP contribution in [0.25, 0.3) is 0 Å². The van der Waals surface area contributed by atoms with Crippen LogP contribution in [-0.2, 0) is 14.4 Å². The SMILES string of the molecule is CCC1C(=O)NC(=O)CN1C(=O)N[C@@H](C)C(=O)O. The highest BCUT2D eigenvalue weighted by molar-refractivity contribution is 6.04. The molecule has 18 heavy (non-hydrogen) atoms. The molecule has 1 heterocycles. The van der Waals surface area contributed by atoms with Crippen molar-refractivity contribution in [1.29, 1.82) is 0 Å². The number of amides is 4. The van der Waals surface area contributed by atoms with Crippen LogP contribution in [0.4, 0.5) is 4.79 Å². The topological polar surface area (TPSA) is 116 Å². The van der Waals surface area contributed by atoms with Gasteiger partial charge in [-0.1, -0.05) is 6.92 Å². The van der Waals surface area contributed by atoms with Crippen LogP contribution in [0.1, 0.15) is 20.3 Å². The van der Waals surface area contributed by atoms with Crippen molar-refractivity contribution in [1.82, 2.24) is 15.5 Å². The van der Waals surface area contributed by atoms with E-state index in [1.54, 1.807) is 6.92 Å². The maximum absolute atomic E-state index is 11.8. The summed E-state index contributed by atoms with van der Waals surface area (Å²) in [6.07, 6.45) is 0.341. The predicted octanol–water partition coefficient (Wildman–Crippen LogP) is -1.09. The number of carbonyl (C=O) groups excluding carboxylic acids is 3. The zero-order valence-electron chi connectivity index (χ0n) is 10.1. The van der Waals surface area contributed by atoms with E-state index in [1.807, 2.05) is 0 Å². The van der Waals surface area contributed by atoms with Crippen LogP contribution in [0.15, 0.2) is 0 Å². The van der Waals surface area contributed by atoms with Crippen LogP contribution in [-0.4, -0.2) is 52.4 Å². The monoisotopic (exact) mass is 257 g/mol. The van der Waals surface area contributed by atoms with Crippen LogP contribution >= 0.6 is 0 Å². The third-order valence-electron chi connectivity index (χ3n) is 2.61. The summed E-state index contributed by atoms with van der Waals surface area (Å²) >= 11 is 0. The number of carboxylic acids is 1. The van der Waals surface area contributed by atoms with E-state index >= 15 is 0 Å². The van der Waals surface area contributed by atoms with Gasteiger partial charge in [0.15, 0.2) is 0 Å². The predicted molar refractivity (Wildman–Crippen MR) is 59.6 cm³/mol. The molecule has 8 nitrogen and oxygen atoms in total. The Bertz CT molecular complexity index is 395. The molecule has 100 valence electrons. The summed E-state index contributed by atoms with van der Waals surface area (Å²) in [6, 6.07) is -2.58. The number of imide groups is 1. The largest absolute Gasteiger partial charge is 0.480 e. The quantitative estimate of drug-likeness (QED) is 0.555. The van der Waals surface area contributed by atoms with Gasteiger partial charge in [-0.25, -0.2) is 4.79 Å². The summed E-state index contributed by atoms with van der Waals surface area (Å²) in [5, 5.41) is 13.0. The highest BCUT2D eigenvalue weighted by Crippen LogP contribution is 2.09. The standard InChI is InChI=1S/C10H15N3O5/c1-3-6-8(15)12-7(14)4-13(6)10(18)11-5(2)9(16)17/h5-6H,3-4H2,1-2H3,(H,11,18)(H,16,17)(H,12,14,15)/t5-,6?/m0/s1. The number of hydrogen-bond acceptors (Lipinski definition) is 4. The van der Waals surface area contributed by atoms with E-state index in [0.29, 0.717) is 6.42 Å². The molecule has 1 aliphatic rings. The van der Waals surface area contributed by atoms with Gasteiger partial charge in [-0.15, -0.1) is 0 Å². The van der Waals surface area contributed by atoms with E-state index in [-0.39, 0.29) is 6.54 Å². The second-order valence-corrected chi connectivity index (χ2v) is 3.97. The minimum Gasteiger partial charge on any atom is -0.480 e. The second-order valence-electron chi connectivity index (χ2n) is 3.97. The Labute approximate surface area is 103 Å². The van der Waals surface area contributed by atoms with Crippen LogP contribution in [0.2, 0.25) is 0 Å². The summed E-state index contributed by atoms with van der Waals surface area (Å²) < 4.78 is 0. The first-order valence-corrected chi connectivity index (χ1v) is 5.50.